The van der Waals surface area contributed by atoms with Gasteiger partial charge in [-0.2, -0.15) is 0 Å². The molecule has 2 heterocycles. The molecular formula is C14H27N3O2. The van der Waals surface area contributed by atoms with Crippen LogP contribution in [-0.2, 0) is 9.53 Å². The summed E-state index contributed by atoms with van der Waals surface area (Å²) in [4.78, 5) is 14.5. The second kappa shape index (κ2) is 7.22. The summed E-state index contributed by atoms with van der Waals surface area (Å²) in [6, 6.07) is 0.436. The number of hydrogen-bond donors (Lipinski definition) is 2. The van der Waals surface area contributed by atoms with Crippen molar-refractivity contribution in [3.63, 3.8) is 0 Å². The first-order valence-electron chi connectivity index (χ1n) is 7.49. The van der Waals surface area contributed by atoms with E-state index < -0.39 is 0 Å². The van der Waals surface area contributed by atoms with Crippen LogP contribution in [0.3, 0.4) is 0 Å². The molecule has 5 heteroatoms. The fraction of sp³-hybridized carbons (Fsp3) is 0.929. The smallest absolute Gasteiger partial charge is 0.239 e. The van der Waals surface area contributed by atoms with Crippen LogP contribution in [0.25, 0.3) is 0 Å². The van der Waals surface area contributed by atoms with Crippen LogP contribution < -0.4 is 10.6 Å². The first-order chi connectivity index (χ1) is 9.16. The summed E-state index contributed by atoms with van der Waals surface area (Å²) in [5.74, 6) is 0.672. The van der Waals surface area contributed by atoms with Gasteiger partial charge in [0.15, 0.2) is 0 Å². The highest BCUT2D eigenvalue weighted by Crippen LogP contribution is 2.17. The molecular weight excluding hydrogens is 242 g/mol. The van der Waals surface area contributed by atoms with E-state index in [1.165, 1.54) is 19.4 Å². The SMILES string of the molecule is CC(C)N1CCCC(CNC(=O)C2COCCN2)C1. The van der Waals surface area contributed by atoms with Gasteiger partial charge in [-0.15, -0.1) is 0 Å². The topological polar surface area (TPSA) is 53.6 Å². The van der Waals surface area contributed by atoms with Crippen molar-refractivity contribution >= 4 is 5.91 Å². The molecule has 0 radical (unpaired) electrons. The van der Waals surface area contributed by atoms with Crippen molar-refractivity contribution in [3.05, 3.63) is 0 Å². The summed E-state index contributed by atoms with van der Waals surface area (Å²) in [6.45, 7) is 9.54. The molecule has 0 aliphatic carbocycles. The Morgan fingerprint density at radius 1 is 1.53 bits per heavy atom. The second-order valence-electron chi connectivity index (χ2n) is 5.92. The normalized spacial score (nSPS) is 29.4. The molecule has 1 amide bonds. The summed E-state index contributed by atoms with van der Waals surface area (Å²) < 4.78 is 5.31. The number of rotatable bonds is 4. The van der Waals surface area contributed by atoms with Crippen molar-refractivity contribution in [2.75, 3.05) is 39.4 Å². The molecule has 2 atom stereocenters. The van der Waals surface area contributed by atoms with E-state index >= 15 is 0 Å². The van der Waals surface area contributed by atoms with Gasteiger partial charge in [-0.1, -0.05) is 0 Å². The molecule has 2 rings (SSSR count). The second-order valence-corrected chi connectivity index (χ2v) is 5.92. The van der Waals surface area contributed by atoms with Crippen LogP contribution in [0.5, 0.6) is 0 Å². The van der Waals surface area contributed by atoms with Crippen molar-refractivity contribution < 1.29 is 9.53 Å². The third-order valence-electron chi connectivity index (χ3n) is 4.08. The fourth-order valence-electron chi connectivity index (χ4n) is 2.83. The number of piperidine rings is 1. The van der Waals surface area contributed by atoms with Crippen molar-refractivity contribution in [2.24, 2.45) is 5.92 Å². The number of nitrogens with zero attached hydrogens (tertiary/aromatic N) is 1. The van der Waals surface area contributed by atoms with Crippen LogP contribution in [0.4, 0.5) is 0 Å². The molecule has 5 nitrogen and oxygen atoms in total. The zero-order valence-corrected chi connectivity index (χ0v) is 12.2. The zero-order chi connectivity index (χ0) is 13.7. The molecule has 2 saturated heterocycles. The third kappa shape index (κ3) is 4.44. The van der Waals surface area contributed by atoms with Crippen LogP contribution >= 0.6 is 0 Å². The number of amides is 1. The molecule has 0 bridgehead atoms. The molecule has 0 aromatic rings. The van der Waals surface area contributed by atoms with E-state index in [9.17, 15) is 4.79 Å². The molecule has 0 aromatic carbocycles. The lowest BCUT2D eigenvalue weighted by Crippen LogP contribution is -2.52. The van der Waals surface area contributed by atoms with Crippen LogP contribution in [-0.4, -0.2) is 62.3 Å². The minimum Gasteiger partial charge on any atom is -0.378 e. The molecule has 2 unspecified atom stereocenters. The number of carbonyl (C=O) groups is 1. The molecule has 110 valence electrons. The van der Waals surface area contributed by atoms with E-state index in [2.05, 4.69) is 29.4 Å². The average molecular weight is 269 g/mol. The van der Waals surface area contributed by atoms with Gasteiger partial charge in [0.25, 0.3) is 0 Å². The summed E-state index contributed by atoms with van der Waals surface area (Å²) in [7, 11) is 0. The van der Waals surface area contributed by atoms with Gasteiger partial charge in [0.2, 0.25) is 5.91 Å². The van der Waals surface area contributed by atoms with Gasteiger partial charge in [-0.05, 0) is 39.2 Å². The van der Waals surface area contributed by atoms with E-state index in [-0.39, 0.29) is 11.9 Å². The Labute approximate surface area is 116 Å². The fourth-order valence-corrected chi connectivity index (χ4v) is 2.83. The van der Waals surface area contributed by atoms with Crippen LogP contribution in [0.1, 0.15) is 26.7 Å². The number of likely N-dealkylation sites (tertiary alicyclic amines) is 1. The van der Waals surface area contributed by atoms with E-state index in [0.29, 0.717) is 25.2 Å². The van der Waals surface area contributed by atoms with E-state index in [1.807, 2.05) is 0 Å². The Balaban J connectivity index is 1.70. The monoisotopic (exact) mass is 269 g/mol. The lowest BCUT2D eigenvalue weighted by Gasteiger charge is -2.35. The molecule has 0 saturated carbocycles. The summed E-state index contributed by atoms with van der Waals surface area (Å²) in [6.07, 6.45) is 2.46. The quantitative estimate of drug-likeness (QED) is 0.766. The predicted octanol–water partition coefficient (Wildman–Crippen LogP) is 0.211. The standard InChI is InChI=1S/C14H27N3O2/c1-11(2)17-6-3-4-12(9-17)8-16-14(18)13-10-19-7-5-15-13/h11-13,15H,3-10H2,1-2H3,(H,16,18). The number of morpholine rings is 1. The van der Waals surface area contributed by atoms with Crippen molar-refractivity contribution in [1.82, 2.24) is 15.5 Å². The van der Waals surface area contributed by atoms with Crippen LogP contribution in [0.2, 0.25) is 0 Å². The van der Waals surface area contributed by atoms with Gasteiger partial charge in [0.05, 0.1) is 13.2 Å². The summed E-state index contributed by atoms with van der Waals surface area (Å²) >= 11 is 0. The largest absolute Gasteiger partial charge is 0.378 e. The summed E-state index contributed by atoms with van der Waals surface area (Å²) in [5, 5.41) is 6.26. The molecule has 2 aliphatic rings. The van der Waals surface area contributed by atoms with Gasteiger partial charge >= 0.3 is 0 Å². The molecule has 2 N–H and O–H groups in total. The van der Waals surface area contributed by atoms with Crippen molar-refractivity contribution in [1.29, 1.82) is 0 Å². The zero-order valence-electron chi connectivity index (χ0n) is 12.2. The van der Waals surface area contributed by atoms with Gasteiger partial charge in [-0.25, -0.2) is 0 Å². The molecule has 19 heavy (non-hydrogen) atoms. The van der Waals surface area contributed by atoms with Crippen LogP contribution in [0.15, 0.2) is 0 Å². The van der Waals surface area contributed by atoms with Crippen molar-refractivity contribution in [2.45, 2.75) is 38.8 Å². The lowest BCUT2D eigenvalue weighted by atomic mass is 9.97. The highest BCUT2D eigenvalue weighted by molar-refractivity contribution is 5.81. The Morgan fingerprint density at radius 3 is 3.05 bits per heavy atom. The first-order valence-corrected chi connectivity index (χ1v) is 7.49. The molecule has 0 aromatic heterocycles. The van der Waals surface area contributed by atoms with Gasteiger partial charge < -0.3 is 20.3 Å². The summed E-state index contributed by atoms with van der Waals surface area (Å²) in [5.41, 5.74) is 0. The third-order valence-corrected chi connectivity index (χ3v) is 4.08. The maximum Gasteiger partial charge on any atom is 0.239 e. The minimum atomic E-state index is -0.168. The Bertz CT molecular complexity index is 290. The molecule has 2 fully saturated rings. The van der Waals surface area contributed by atoms with Gasteiger partial charge in [0.1, 0.15) is 6.04 Å². The number of nitrogens with one attached hydrogen (secondary N) is 2. The lowest BCUT2D eigenvalue weighted by molar-refractivity contribution is -0.126. The van der Waals surface area contributed by atoms with E-state index in [1.54, 1.807) is 0 Å². The Hall–Kier alpha value is -0.650. The van der Waals surface area contributed by atoms with E-state index in [4.69, 9.17) is 4.74 Å². The maximum absolute atomic E-state index is 12.0. The Kier molecular flexibility index (Phi) is 5.60. The Morgan fingerprint density at radius 2 is 2.37 bits per heavy atom. The number of hydrogen-bond acceptors (Lipinski definition) is 4. The highest BCUT2D eigenvalue weighted by atomic mass is 16.5. The minimum absolute atomic E-state index is 0.0846. The average Bonchev–Trinajstić information content (AvgIpc) is 2.46. The van der Waals surface area contributed by atoms with Crippen molar-refractivity contribution in [3.8, 4) is 0 Å². The van der Waals surface area contributed by atoms with Gasteiger partial charge in [0, 0.05) is 25.7 Å². The van der Waals surface area contributed by atoms with Gasteiger partial charge in [-0.3, -0.25) is 4.79 Å². The predicted molar refractivity (Wildman–Crippen MR) is 75.1 cm³/mol. The van der Waals surface area contributed by atoms with Crippen LogP contribution in [0, 0.1) is 5.92 Å². The first kappa shape index (κ1) is 14.8. The number of carbonyl (C=O) groups excluding carboxylic acids is 1. The highest BCUT2D eigenvalue weighted by Gasteiger charge is 2.24. The molecule has 2 aliphatic heterocycles. The maximum atomic E-state index is 12.0. The molecule has 0 spiro atoms. The van der Waals surface area contributed by atoms with E-state index in [0.717, 1.165) is 19.6 Å². The number of ether oxygens (including phenoxy) is 1.